The number of hydrogen-bond donors (Lipinski definition) is 1. The molecule has 0 saturated carbocycles. The smallest absolute Gasteiger partial charge is 0.326 e. The van der Waals surface area contributed by atoms with E-state index in [0.717, 1.165) is 11.1 Å². The molecule has 0 aliphatic carbocycles. The summed E-state index contributed by atoms with van der Waals surface area (Å²) in [5.41, 5.74) is 3.30. The molecule has 1 N–H and O–H groups in total. The zero-order valence-corrected chi connectivity index (χ0v) is 17.5. The zero-order valence-electron chi connectivity index (χ0n) is 17.5. The number of aliphatic imine (C=N–C) groups is 1. The number of nitrogens with zero attached hydrogens (tertiary/aromatic N) is 3. The fourth-order valence-electron chi connectivity index (χ4n) is 3.19. The average molecular weight is 412 g/mol. The number of urea groups is 1. The molecule has 158 valence electrons. The van der Waals surface area contributed by atoms with Gasteiger partial charge < -0.3 is 14.8 Å². The Morgan fingerprint density at radius 3 is 2.90 bits per heavy atom. The van der Waals surface area contributed by atoms with Crippen molar-refractivity contribution in [1.82, 2.24) is 4.98 Å². The molecule has 2 aromatic rings. The average Bonchev–Trinajstić information content (AvgIpc) is 2.76. The van der Waals surface area contributed by atoms with Crippen molar-refractivity contribution in [3.05, 3.63) is 53.1 Å². The number of hydrogen-bond acceptors (Lipinski definition) is 5. The Morgan fingerprint density at radius 1 is 1.40 bits per heavy atom. The van der Waals surface area contributed by atoms with Crippen molar-refractivity contribution in [2.45, 2.75) is 33.7 Å². The van der Waals surface area contributed by atoms with Crippen molar-refractivity contribution < 1.29 is 18.7 Å². The van der Waals surface area contributed by atoms with Crippen LogP contribution in [0.25, 0.3) is 0 Å². The maximum Gasteiger partial charge on any atom is 0.326 e. The summed E-state index contributed by atoms with van der Waals surface area (Å²) < 4.78 is 25.1. The molecule has 7 nitrogen and oxygen atoms in total. The number of aryl methyl sites for hydroxylation is 1. The number of nitrogens with one attached hydrogen (secondary N) is 1. The van der Waals surface area contributed by atoms with Gasteiger partial charge in [0.15, 0.2) is 0 Å². The second-order valence-electron chi connectivity index (χ2n) is 6.69. The number of fused-ring (bicyclic) bond motifs is 1. The van der Waals surface area contributed by atoms with Gasteiger partial charge in [-0.1, -0.05) is 13.0 Å². The predicted octanol–water partition coefficient (Wildman–Crippen LogP) is 5.01. The highest BCUT2D eigenvalue weighted by Gasteiger charge is 2.28. The van der Waals surface area contributed by atoms with Crippen LogP contribution in [0.3, 0.4) is 0 Å². The molecule has 1 aromatic carbocycles. The lowest BCUT2D eigenvalue weighted by atomic mass is 10.1. The Bertz CT molecular complexity index is 1000. The Kier molecular flexibility index (Phi) is 6.66. The first-order chi connectivity index (χ1) is 14.5. The molecule has 0 radical (unpaired) electrons. The van der Waals surface area contributed by atoms with Gasteiger partial charge in [-0.25, -0.2) is 14.2 Å². The quantitative estimate of drug-likeness (QED) is 0.649. The minimum absolute atomic E-state index is 0.000707. The number of benzene rings is 1. The van der Waals surface area contributed by atoms with Gasteiger partial charge in [-0.2, -0.15) is 0 Å². The molecule has 2 amide bonds. The van der Waals surface area contributed by atoms with Crippen molar-refractivity contribution in [3.63, 3.8) is 0 Å². The van der Waals surface area contributed by atoms with Crippen LogP contribution in [0.15, 0.2) is 47.0 Å². The third kappa shape index (κ3) is 4.42. The molecule has 30 heavy (non-hydrogen) atoms. The van der Waals surface area contributed by atoms with Crippen LogP contribution in [0, 0.1) is 6.92 Å². The van der Waals surface area contributed by atoms with Gasteiger partial charge in [0.05, 0.1) is 30.6 Å². The summed E-state index contributed by atoms with van der Waals surface area (Å²) in [5.74, 6) is 0.664. The fraction of sp³-hybridized carbons (Fsp3) is 0.318. The van der Waals surface area contributed by atoms with E-state index in [1.54, 1.807) is 50.3 Å². The van der Waals surface area contributed by atoms with E-state index in [1.165, 1.54) is 6.21 Å². The van der Waals surface area contributed by atoms with Crippen molar-refractivity contribution in [3.8, 4) is 11.6 Å². The van der Waals surface area contributed by atoms with Gasteiger partial charge in [0.25, 0.3) is 0 Å². The molecule has 0 fully saturated rings. The molecule has 0 spiro atoms. The number of aromatic nitrogens is 1. The lowest BCUT2D eigenvalue weighted by Crippen LogP contribution is -2.39. The lowest BCUT2D eigenvalue weighted by molar-refractivity contribution is 0.255. The molecule has 3 rings (SSSR count). The number of ether oxygens (including phenoxy) is 2. The molecule has 1 aliphatic rings. The standard InChI is InChI=1S/C22H25FN4O3/c1-5-17(23)19(24-6-2)13-30-15-8-7-14(3)20(11-15)27-12-16-18(26-22(27)28)9-10-25-21(16)29-4/h6-11H,5,12-13H2,1-4H3,(H,26,28)/b19-17+,24-6?. The van der Waals surface area contributed by atoms with Crippen molar-refractivity contribution in [2.75, 3.05) is 23.9 Å². The third-order valence-electron chi connectivity index (χ3n) is 4.77. The highest BCUT2D eigenvalue weighted by molar-refractivity contribution is 6.05. The number of pyridine rings is 1. The van der Waals surface area contributed by atoms with Gasteiger partial charge in [-0.05, 0) is 38.0 Å². The molecule has 1 aromatic heterocycles. The molecule has 0 saturated heterocycles. The normalized spacial score (nSPS) is 14.3. The molecule has 0 unspecified atom stereocenters. The van der Waals surface area contributed by atoms with E-state index >= 15 is 0 Å². The van der Waals surface area contributed by atoms with Crippen LogP contribution in [0.4, 0.5) is 20.6 Å². The summed E-state index contributed by atoms with van der Waals surface area (Å²) in [4.78, 5) is 22.6. The summed E-state index contributed by atoms with van der Waals surface area (Å²) in [7, 11) is 1.54. The van der Waals surface area contributed by atoms with Crippen molar-refractivity contribution in [1.29, 1.82) is 0 Å². The predicted molar refractivity (Wildman–Crippen MR) is 115 cm³/mol. The second-order valence-corrected chi connectivity index (χ2v) is 6.69. The van der Waals surface area contributed by atoms with E-state index in [2.05, 4.69) is 15.3 Å². The first kappa shape index (κ1) is 21.3. The van der Waals surface area contributed by atoms with E-state index in [9.17, 15) is 9.18 Å². The van der Waals surface area contributed by atoms with Crippen LogP contribution in [0.2, 0.25) is 0 Å². The summed E-state index contributed by atoms with van der Waals surface area (Å²) in [5, 5.41) is 2.87. The van der Waals surface area contributed by atoms with Gasteiger partial charge >= 0.3 is 6.03 Å². The first-order valence-electron chi connectivity index (χ1n) is 9.68. The van der Waals surface area contributed by atoms with E-state index < -0.39 is 0 Å². The van der Waals surface area contributed by atoms with Crippen LogP contribution in [-0.4, -0.2) is 30.9 Å². The van der Waals surface area contributed by atoms with Gasteiger partial charge in [0.1, 0.15) is 23.9 Å². The number of rotatable bonds is 7. The van der Waals surface area contributed by atoms with E-state index in [4.69, 9.17) is 9.47 Å². The van der Waals surface area contributed by atoms with Crippen LogP contribution in [0.5, 0.6) is 11.6 Å². The Morgan fingerprint density at radius 2 is 2.20 bits per heavy atom. The SMILES string of the molecule is CC=N/C(COc1ccc(C)c(N2Cc3c(ccnc3OC)NC2=O)c1)=C(/F)CC. The number of halogens is 1. The van der Waals surface area contributed by atoms with Crippen molar-refractivity contribution >= 4 is 23.6 Å². The summed E-state index contributed by atoms with van der Waals surface area (Å²) in [6, 6.07) is 6.89. The second kappa shape index (κ2) is 9.39. The third-order valence-corrected chi connectivity index (χ3v) is 4.77. The van der Waals surface area contributed by atoms with E-state index in [-0.39, 0.29) is 30.6 Å². The van der Waals surface area contributed by atoms with Crippen LogP contribution >= 0.6 is 0 Å². The van der Waals surface area contributed by atoms with Gasteiger partial charge in [0, 0.05) is 18.5 Å². The number of carbonyl (C=O) groups is 1. The van der Waals surface area contributed by atoms with Gasteiger partial charge in [-0.3, -0.25) is 9.89 Å². The van der Waals surface area contributed by atoms with Gasteiger partial charge in [0.2, 0.25) is 5.88 Å². The highest BCUT2D eigenvalue weighted by atomic mass is 19.1. The van der Waals surface area contributed by atoms with Crippen molar-refractivity contribution in [2.24, 2.45) is 4.99 Å². The highest BCUT2D eigenvalue weighted by Crippen LogP contribution is 2.35. The Balaban J connectivity index is 1.87. The fourth-order valence-corrected chi connectivity index (χ4v) is 3.19. The minimum Gasteiger partial charge on any atom is -0.487 e. The Hall–Kier alpha value is -3.42. The number of carbonyl (C=O) groups excluding carboxylic acids is 1. The topological polar surface area (TPSA) is 76.1 Å². The maximum atomic E-state index is 14.0. The maximum absolute atomic E-state index is 14.0. The largest absolute Gasteiger partial charge is 0.487 e. The number of allylic oxidation sites excluding steroid dienone is 1. The molecule has 0 atom stereocenters. The van der Waals surface area contributed by atoms with Crippen LogP contribution < -0.4 is 19.7 Å². The molecule has 2 heterocycles. The summed E-state index contributed by atoms with van der Waals surface area (Å²) in [6.45, 7) is 5.66. The van der Waals surface area contributed by atoms with Crippen LogP contribution in [-0.2, 0) is 6.54 Å². The number of anilines is 2. The Labute approximate surface area is 175 Å². The zero-order chi connectivity index (χ0) is 21.7. The summed E-state index contributed by atoms with van der Waals surface area (Å²) in [6.07, 6.45) is 3.37. The van der Waals surface area contributed by atoms with E-state index in [0.29, 0.717) is 29.5 Å². The summed E-state index contributed by atoms with van der Waals surface area (Å²) >= 11 is 0. The monoisotopic (exact) mass is 412 g/mol. The molecular weight excluding hydrogens is 387 g/mol. The first-order valence-corrected chi connectivity index (χ1v) is 9.68. The molecule has 8 heteroatoms. The lowest BCUT2D eigenvalue weighted by Gasteiger charge is -2.31. The van der Waals surface area contributed by atoms with E-state index in [1.807, 2.05) is 13.0 Å². The molecule has 1 aliphatic heterocycles. The van der Waals surface area contributed by atoms with Gasteiger partial charge in [-0.15, -0.1) is 0 Å². The number of amides is 2. The minimum atomic E-state index is -0.313. The molecule has 0 bridgehead atoms. The number of methoxy groups -OCH3 is 1. The molecular formula is C22H25FN4O3. The van der Waals surface area contributed by atoms with Crippen LogP contribution in [0.1, 0.15) is 31.4 Å².